The summed E-state index contributed by atoms with van der Waals surface area (Å²) < 4.78 is 0. The summed E-state index contributed by atoms with van der Waals surface area (Å²) in [5.41, 5.74) is 6.12. The molecular formula is C19H18ClN5O. The number of halogens is 1. The molecule has 0 aliphatic rings. The van der Waals surface area contributed by atoms with Gasteiger partial charge in [0.2, 0.25) is 0 Å². The van der Waals surface area contributed by atoms with Crippen LogP contribution in [0.4, 0.5) is 5.69 Å². The minimum atomic E-state index is -0.378. The van der Waals surface area contributed by atoms with Gasteiger partial charge in [0.15, 0.2) is 0 Å². The van der Waals surface area contributed by atoms with Crippen LogP contribution in [0.15, 0.2) is 59.7 Å². The molecule has 2 aromatic carbocycles. The monoisotopic (exact) mass is 367 g/mol. The van der Waals surface area contributed by atoms with Crippen LogP contribution in [0.3, 0.4) is 0 Å². The van der Waals surface area contributed by atoms with E-state index in [0.717, 1.165) is 16.8 Å². The zero-order valence-corrected chi connectivity index (χ0v) is 15.2. The first kappa shape index (κ1) is 17.7. The first-order valence-electron chi connectivity index (χ1n) is 7.95. The van der Waals surface area contributed by atoms with E-state index in [1.54, 1.807) is 18.3 Å². The summed E-state index contributed by atoms with van der Waals surface area (Å²) >= 11 is 6.15. The number of hydrogen-bond acceptors (Lipinski definition) is 4. The van der Waals surface area contributed by atoms with E-state index < -0.39 is 0 Å². The lowest BCUT2D eigenvalue weighted by Gasteiger charge is -2.11. The van der Waals surface area contributed by atoms with Crippen molar-refractivity contribution >= 4 is 29.4 Å². The molecule has 3 rings (SSSR count). The van der Waals surface area contributed by atoms with Crippen LogP contribution < -0.4 is 10.3 Å². The highest BCUT2D eigenvalue weighted by molar-refractivity contribution is 6.33. The second-order valence-corrected chi connectivity index (χ2v) is 6.24. The number of hydrazone groups is 1. The summed E-state index contributed by atoms with van der Waals surface area (Å²) in [6, 6.07) is 16.8. The van der Waals surface area contributed by atoms with Gasteiger partial charge in [-0.25, -0.2) is 5.43 Å². The van der Waals surface area contributed by atoms with Crippen LogP contribution >= 0.6 is 11.6 Å². The van der Waals surface area contributed by atoms with Gasteiger partial charge in [-0.3, -0.25) is 9.89 Å². The number of nitrogens with one attached hydrogen (secondary N) is 2. The van der Waals surface area contributed by atoms with Gasteiger partial charge in [-0.1, -0.05) is 41.9 Å². The topological polar surface area (TPSA) is 73.4 Å². The van der Waals surface area contributed by atoms with E-state index in [2.05, 4.69) is 20.7 Å². The Hall–Kier alpha value is -3.12. The normalized spacial score (nSPS) is 10.9. The number of carbonyl (C=O) groups excluding carboxylic acids is 1. The quantitative estimate of drug-likeness (QED) is 0.535. The fraction of sp³-hybridized carbons (Fsp3) is 0.105. The van der Waals surface area contributed by atoms with Gasteiger partial charge in [-0.15, -0.1) is 0 Å². The molecule has 1 heterocycles. The van der Waals surface area contributed by atoms with E-state index in [-0.39, 0.29) is 5.91 Å². The Labute approximate surface area is 156 Å². The van der Waals surface area contributed by atoms with E-state index >= 15 is 0 Å². The molecule has 3 aromatic rings. The standard InChI is InChI=1S/C19H18ClN5O/c1-25(2)14-9-7-13(8-10-14)12-21-24-19(26)18-11-17(22-23-18)15-5-3-4-6-16(15)20/h3-12H,1-2H3,(H,22,23)(H,24,26)/b21-12-. The maximum Gasteiger partial charge on any atom is 0.289 e. The summed E-state index contributed by atoms with van der Waals surface area (Å²) in [4.78, 5) is 14.2. The Morgan fingerprint density at radius 1 is 1.19 bits per heavy atom. The molecule has 6 nitrogen and oxygen atoms in total. The molecule has 1 aromatic heterocycles. The molecule has 0 spiro atoms. The number of amides is 1. The van der Waals surface area contributed by atoms with Gasteiger partial charge in [0.25, 0.3) is 5.91 Å². The van der Waals surface area contributed by atoms with Gasteiger partial charge in [0.05, 0.1) is 16.9 Å². The molecular weight excluding hydrogens is 350 g/mol. The van der Waals surface area contributed by atoms with Crippen LogP contribution in [-0.2, 0) is 0 Å². The number of carbonyl (C=O) groups is 1. The zero-order valence-electron chi connectivity index (χ0n) is 14.4. The molecule has 0 saturated heterocycles. The van der Waals surface area contributed by atoms with E-state index in [9.17, 15) is 4.79 Å². The maximum atomic E-state index is 12.2. The van der Waals surface area contributed by atoms with Crippen molar-refractivity contribution in [2.45, 2.75) is 0 Å². The van der Waals surface area contributed by atoms with E-state index in [1.807, 2.05) is 61.5 Å². The van der Waals surface area contributed by atoms with Gasteiger partial charge < -0.3 is 4.90 Å². The molecule has 0 unspecified atom stereocenters. The van der Waals surface area contributed by atoms with Gasteiger partial charge in [-0.05, 0) is 29.8 Å². The van der Waals surface area contributed by atoms with E-state index in [0.29, 0.717) is 16.4 Å². The van der Waals surface area contributed by atoms with Crippen molar-refractivity contribution in [1.29, 1.82) is 0 Å². The molecule has 0 aliphatic heterocycles. The highest BCUT2D eigenvalue weighted by atomic mass is 35.5. The molecule has 0 aliphatic carbocycles. The highest BCUT2D eigenvalue weighted by Gasteiger charge is 2.12. The Morgan fingerprint density at radius 3 is 2.62 bits per heavy atom. The SMILES string of the molecule is CN(C)c1ccc(/C=N\NC(=O)c2cc(-c3ccccc3Cl)n[nH]2)cc1. The van der Waals surface area contributed by atoms with Crippen LogP contribution in [0.25, 0.3) is 11.3 Å². The van der Waals surface area contributed by atoms with Crippen molar-refractivity contribution in [2.75, 3.05) is 19.0 Å². The smallest absolute Gasteiger partial charge is 0.289 e. The van der Waals surface area contributed by atoms with Gasteiger partial charge in [0, 0.05) is 25.3 Å². The van der Waals surface area contributed by atoms with Gasteiger partial charge >= 0.3 is 0 Å². The van der Waals surface area contributed by atoms with Crippen LogP contribution in [0.5, 0.6) is 0 Å². The summed E-state index contributed by atoms with van der Waals surface area (Å²) in [5, 5.41) is 11.4. The predicted octanol–water partition coefficient (Wildman–Crippen LogP) is 3.56. The number of benzene rings is 2. The molecule has 0 atom stereocenters. The second-order valence-electron chi connectivity index (χ2n) is 5.83. The molecule has 2 N–H and O–H groups in total. The number of aromatic amines is 1. The minimum Gasteiger partial charge on any atom is -0.378 e. The average Bonchev–Trinajstić information content (AvgIpc) is 3.12. The first-order chi connectivity index (χ1) is 12.5. The first-order valence-corrected chi connectivity index (χ1v) is 8.33. The average molecular weight is 368 g/mol. The van der Waals surface area contributed by atoms with Crippen LogP contribution in [0, 0.1) is 0 Å². The number of nitrogens with zero attached hydrogens (tertiary/aromatic N) is 3. The molecule has 7 heteroatoms. The highest BCUT2D eigenvalue weighted by Crippen LogP contribution is 2.26. The number of anilines is 1. The summed E-state index contributed by atoms with van der Waals surface area (Å²) in [5.74, 6) is -0.378. The summed E-state index contributed by atoms with van der Waals surface area (Å²) in [6.07, 6.45) is 1.59. The summed E-state index contributed by atoms with van der Waals surface area (Å²) in [7, 11) is 3.95. The molecule has 132 valence electrons. The third-order valence-electron chi connectivity index (χ3n) is 3.76. The Bertz CT molecular complexity index is 931. The molecule has 26 heavy (non-hydrogen) atoms. The third-order valence-corrected chi connectivity index (χ3v) is 4.09. The predicted molar refractivity (Wildman–Crippen MR) is 105 cm³/mol. The minimum absolute atomic E-state index is 0.306. The van der Waals surface area contributed by atoms with Crippen molar-refractivity contribution in [3.8, 4) is 11.3 Å². The maximum absolute atomic E-state index is 12.2. The number of rotatable bonds is 5. The lowest BCUT2D eigenvalue weighted by atomic mass is 10.1. The van der Waals surface area contributed by atoms with Crippen LogP contribution in [0.2, 0.25) is 5.02 Å². The third kappa shape index (κ3) is 4.10. The van der Waals surface area contributed by atoms with Gasteiger partial charge in [0.1, 0.15) is 5.69 Å². The second kappa shape index (κ2) is 7.84. The molecule has 0 bridgehead atoms. The van der Waals surface area contributed by atoms with Crippen molar-refractivity contribution in [1.82, 2.24) is 15.6 Å². The number of aromatic nitrogens is 2. The largest absolute Gasteiger partial charge is 0.378 e. The fourth-order valence-corrected chi connectivity index (χ4v) is 2.56. The molecule has 1 amide bonds. The van der Waals surface area contributed by atoms with Gasteiger partial charge in [-0.2, -0.15) is 10.2 Å². The lowest BCUT2D eigenvalue weighted by molar-refractivity contribution is 0.0950. The molecule has 0 fully saturated rings. The van der Waals surface area contributed by atoms with Crippen LogP contribution in [-0.4, -0.2) is 36.4 Å². The summed E-state index contributed by atoms with van der Waals surface area (Å²) in [6.45, 7) is 0. The molecule has 0 radical (unpaired) electrons. The van der Waals surface area contributed by atoms with E-state index in [1.165, 1.54) is 0 Å². The number of H-pyrrole nitrogens is 1. The van der Waals surface area contributed by atoms with E-state index in [4.69, 9.17) is 11.6 Å². The van der Waals surface area contributed by atoms with Crippen molar-refractivity contribution in [2.24, 2.45) is 5.10 Å². The zero-order chi connectivity index (χ0) is 18.5. The van der Waals surface area contributed by atoms with Crippen molar-refractivity contribution < 1.29 is 4.79 Å². The number of hydrogen-bond donors (Lipinski definition) is 2. The van der Waals surface area contributed by atoms with Crippen molar-refractivity contribution in [3.05, 3.63) is 70.9 Å². The van der Waals surface area contributed by atoms with Crippen molar-refractivity contribution in [3.63, 3.8) is 0 Å². The van der Waals surface area contributed by atoms with Crippen LogP contribution in [0.1, 0.15) is 16.1 Å². The Balaban J connectivity index is 1.64. The fourth-order valence-electron chi connectivity index (χ4n) is 2.33. The lowest BCUT2D eigenvalue weighted by Crippen LogP contribution is -2.18. The Morgan fingerprint density at radius 2 is 1.92 bits per heavy atom. The Kier molecular flexibility index (Phi) is 5.34. The molecule has 0 saturated carbocycles.